The molecule has 136 valence electrons. The monoisotopic (exact) mass is 349 g/mol. The molecule has 1 saturated heterocycles. The number of aromatic nitrogens is 1. The van der Waals surface area contributed by atoms with E-state index in [4.69, 9.17) is 0 Å². The molecule has 4 heteroatoms. The Kier molecular flexibility index (Phi) is 4.93. The smallest absolute Gasteiger partial charge is 0.251 e. The molecule has 0 radical (unpaired) electrons. The van der Waals surface area contributed by atoms with E-state index >= 15 is 0 Å². The molecule has 1 fully saturated rings. The molecule has 2 heterocycles. The van der Waals surface area contributed by atoms with E-state index in [1.807, 2.05) is 6.07 Å². The van der Waals surface area contributed by atoms with E-state index in [2.05, 4.69) is 58.5 Å². The van der Waals surface area contributed by atoms with Crippen LogP contribution in [0.1, 0.15) is 36.5 Å². The minimum atomic E-state index is 0.0396. The summed E-state index contributed by atoms with van der Waals surface area (Å²) in [7, 11) is 0. The number of amides is 1. The number of nitrogens with zero attached hydrogens (tertiary/aromatic N) is 1. The van der Waals surface area contributed by atoms with Crippen LogP contribution in [0.5, 0.6) is 0 Å². The highest BCUT2D eigenvalue weighted by atomic mass is 16.1. The maximum Gasteiger partial charge on any atom is 0.251 e. The van der Waals surface area contributed by atoms with Gasteiger partial charge in [-0.1, -0.05) is 25.1 Å². The van der Waals surface area contributed by atoms with Crippen LogP contribution in [0.4, 0.5) is 0 Å². The van der Waals surface area contributed by atoms with Crippen LogP contribution in [0, 0.1) is 5.92 Å². The van der Waals surface area contributed by atoms with Gasteiger partial charge in [-0.05, 0) is 62.5 Å². The summed E-state index contributed by atoms with van der Waals surface area (Å²) >= 11 is 0. The molecule has 2 N–H and O–H groups in total. The van der Waals surface area contributed by atoms with Crippen molar-refractivity contribution in [1.82, 2.24) is 15.2 Å². The van der Waals surface area contributed by atoms with Gasteiger partial charge in [0.1, 0.15) is 0 Å². The van der Waals surface area contributed by atoms with Crippen molar-refractivity contribution in [3.05, 3.63) is 48.0 Å². The summed E-state index contributed by atoms with van der Waals surface area (Å²) in [5.74, 6) is 0.633. The van der Waals surface area contributed by atoms with Gasteiger partial charge >= 0.3 is 0 Å². The molecule has 1 aliphatic rings. The highest BCUT2D eigenvalue weighted by Gasteiger charge is 2.16. The molecule has 0 aliphatic carbocycles. The van der Waals surface area contributed by atoms with Gasteiger partial charge in [0.05, 0.1) is 0 Å². The van der Waals surface area contributed by atoms with E-state index in [0.717, 1.165) is 51.0 Å². The Hall–Kier alpha value is -2.33. The van der Waals surface area contributed by atoms with Crippen LogP contribution in [0.2, 0.25) is 0 Å². The van der Waals surface area contributed by atoms with E-state index in [1.54, 1.807) is 0 Å². The number of hydrogen-bond donors (Lipinski definition) is 2. The molecule has 2 aromatic carbocycles. The number of fused-ring (bicyclic) bond motifs is 3. The van der Waals surface area contributed by atoms with Crippen molar-refractivity contribution in [2.45, 2.75) is 32.7 Å². The van der Waals surface area contributed by atoms with Crippen LogP contribution >= 0.6 is 0 Å². The summed E-state index contributed by atoms with van der Waals surface area (Å²) in [4.78, 5) is 12.7. The van der Waals surface area contributed by atoms with Crippen LogP contribution in [-0.2, 0) is 6.54 Å². The fourth-order valence-electron chi connectivity index (χ4n) is 4.08. The Balaban J connectivity index is 1.62. The van der Waals surface area contributed by atoms with Crippen molar-refractivity contribution in [2.24, 2.45) is 5.92 Å². The number of carbonyl (C=O) groups is 1. The van der Waals surface area contributed by atoms with Gasteiger partial charge in [0.2, 0.25) is 0 Å². The largest absolute Gasteiger partial charge is 0.352 e. The third kappa shape index (κ3) is 3.21. The molecule has 1 aromatic heterocycles. The van der Waals surface area contributed by atoms with Crippen molar-refractivity contribution < 1.29 is 4.79 Å². The zero-order chi connectivity index (χ0) is 17.9. The second-order valence-corrected chi connectivity index (χ2v) is 7.30. The van der Waals surface area contributed by atoms with Gasteiger partial charge in [0.15, 0.2) is 0 Å². The van der Waals surface area contributed by atoms with Crippen LogP contribution in [0.3, 0.4) is 0 Å². The Labute approximate surface area is 154 Å². The Morgan fingerprint density at radius 1 is 1.12 bits per heavy atom. The zero-order valence-electron chi connectivity index (χ0n) is 15.4. The number of para-hydroxylation sites is 1. The molecule has 0 atom stereocenters. The maximum atomic E-state index is 12.7. The van der Waals surface area contributed by atoms with Crippen LogP contribution < -0.4 is 10.6 Å². The number of rotatable bonds is 5. The topological polar surface area (TPSA) is 46.1 Å². The predicted molar refractivity (Wildman–Crippen MR) is 108 cm³/mol. The molecule has 1 amide bonds. The minimum absolute atomic E-state index is 0.0396. The van der Waals surface area contributed by atoms with E-state index < -0.39 is 0 Å². The Morgan fingerprint density at radius 3 is 2.69 bits per heavy atom. The lowest BCUT2D eigenvalue weighted by Crippen LogP contribution is -2.35. The summed E-state index contributed by atoms with van der Waals surface area (Å²) in [5.41, 5.74) is 3.21. The van der Waals surface area contributed by atoms with Gasteiger partial charge in [-0.25, -0.2) is 0 Å². The third-order valence-electron chi connectivity index (χ3n) is 5.49. The summed E-state index contributed by atoms with van der Waals surface area (Å²) in [5, 5.41) is 8.90. The SMILES string of the molecule is CCCn1c2ccccc2c2cc(C(=O)NCC3CCNCC3)ccc21. The van der Waals surface area contributed by atoms with Gasteiger partial charge < -0.3 is 15.2 Å². The lowest BCUT2D eigenvalue weighted by Gasteiger charge is -2.22. The van der Waals surface area contributed by atoms with Crippen LogP contribution in [0.15, 0.2) is 42.5 Å². The minimum Gasteiger partial charge on any atom is -0.352 e. The molecular formula is C22H27N3O. The number of hydrogen-bond acceptors (Lipinski definition) is 2. The summed E-state index contributed by atoms with van der Waals surface area (Å²) in [6.45, 7) is 6.08. The quantitative estimate of drug-likeness (QED) is 0.733. The second-order valence-electron chi connectivity index (χ2n) is 7.30. The average molecular weight is 349 g/mol. The predicted octanol–water partition coefficient (Wildman–Crippen LogP) is 3.93. The number of piperidine rings is 1. The molecule has 4 rings (SSSR count). The number of aryl methyl sites for hydroxylation is 1. The number of nitrogens with one attached hydrogen (secondary N) is 2. The molecule has 4 nitrogen and oxygen atoms in total. The molecule has 1 aliphatic heterocycles. The highest BCUT2D eigenvalue weighted by molar-refractivity contribution is 6.10. The summed E-state index contributed by atoms with van der Waals surface area (Å²) < 4.78 is 2.36. The Bertz CT molecular complexity index is 922. The molecule has 0 unspecified atom stereocenters. The Morgan fingerprint density at radius 2 is 1.88 bits per heavy atom. The second kappa shape index (κ2) is 7.50. The van der Waals surface area contributed by atoms with Crippen molar-refractivity contribution in [1.29, 1.82) is 0 Å². The van der Waals surface area contributed by atoms with Gasteiger partial charge in [-0.2, -0.15) is 0 Å². The van der Waals surface area contributed by atoms with E-state index in [9.17, 15) is 4.79 Å². The molecule has 0 saturated carbocycles. The molecule has 0 bridgehead atoms. The first-order chi connectivity index (χ1) is 12.8. The molecule has 3 aromatic rings. The zero-order valence-corrected chi connectivity index (χ0v) is 15.4. The molecule has 26 heavy (non-hydrogen) atoms. The molecule has 0 spiro atoms. The first kappa shape index (κ1) is 17.1. The van der Waals surface area contributed by atoms with Gasteiger partial charge in [-0.3, -0.25) is 4.79 Å². The maximum absolute atomic E-state index is 12.7. The third-order valence-corrected chi connectivity index (χ3v) is 5.49. The van der Waals surface area contributed by atoms with Crippen LogP contribution in [-0.4, -0.2) is 30.1 Å². The van der Waals surface area contributed by atoms with Gasteiger partial charge in [0, 0.05) is 40.5 Å². The van der Waals surface area contributed by atoms with Crippen molar-refractivity contribution in [3.63, 3.8) is 0 Å². The standard InChI is InChI=1S/C22H27N3O/c1-2-13-25-20-6-4-3-5-18(20)19-14-17(7-8-21(19)25)22(26)24-15-16-9-11-23-12-10-16/h3-8,14,16,23H,2,9-13,15H2,1H3,(H,24,26). The lowest BCUT2D eigenvalue weighted by molar-refractivity contribution is 0.0944. The summed E-state index contributed by atoms with van der Waals surface area (Å²) in [6, 6.07) is 14.6. The number of carbonyl (C=O) groups excluding carboxylic acids is 1. The first-order valence-corrected chi connectivity index (χ1v) is 9.78. The van der Waals surface area contributed by atoms with E-state index in [0.29, 0.717) is 5.92 Å². The normalized spacial score (nSPS) is 15.6. The fraction of sp³-hybridized carbons (Fsp3) is 0.409. The summed E-state index contributed by atoms with van der Waals surface area (Å²) in [6.07, 6.45) is 3.37. The fourth-order valence-corrected chi connectivity index (χ4v) is 4.08. The van der Waals surface area contributed by atoms with Crippen LogP contribution in [0.25, 0.3) is 21.8 Å². The molecular weight excluding hydrogens is 322 g/mol. The lowest BCUT2D eigenvalue weighted by atomic mass is 9.98. The van der Waals surface area contributed by atoms with Crippen molar-refractivity contribution in [2.75, 3.05) is 19.6 Å². The van der Waals surface area contributed by atoms with Gasteiger partial charge in [0.25, 0.3) is 5.91 Å². The average Bonchev–Trinajstić information content (AvgIpc) is 3.01. The van der Waals surface area contributed by atoms with Crippen molar-refractivity contribution in [3.8, 4) is 0 Å². The highest BCUT2D eigenvalue weighted by Crippen LogP contribution is 2.30. The van der Waals surface area contributed by atoms with E-state index in [1.165, 1.54) is 21.8 Å². The van der Waals surface area contributed by atoms with Gasteiger partial charge in [-0.15, -0.1) is 0 Å². The number of benzene rings is 2. The first-order valence-electron chi connectivity index (χ1n) is 9.78. The van der Waals surface area contributed by atoms with E-state index in [-0.39, 0.29) is 5.91 Å². The van der Waals surface area contributed by atoms with Crippen molar-refractivity contribution >= 4 is 27.7 Å².